The summed E-state index contributed by atoms with van der Waals surface area (Å²) < 4.78 is 19.1. The van der Waals surface area contributed by atoms with Crippen molar-refractivity contribution in [3.05, 3.63) is 29.6 Å². The Hall–Kier alpha value is -2.31. The van der Waals surface area contributed by atoms with E-state index in [1.807, 2.05) is 13.8 Å². The van der Waals surface area contributed by atoms with E-state index in [-0.39, 0.29) is 25.0 Å². The predicted molar refractivity (Wildman–Crippen MR) is 81.9 cm³/mol. The Morgan fingerprint density at radius 3 is 2.87 bits per heavy atom. The van der Waals surface area contributed by atoms with E-state index in [2.05, 4.69) is 10.6 Å². The van der Waals surface area contributed by atoms with Crippen LogP contribution in [0.4, 0.5) is 9.18 Å². The molecular formula is C16H21FN2O4. The Morgan fingerprint density at radius 2 is 2.17 bits per heavy atom. The van der Waals surface area contributed by atoms with Crippen LogP contribution in [0.2, 0.25) is 0 Å². The number of fused-ring (bicyclic) bond motifs is 1. The molecule has 0 saturated carbocycles. The molecule has 7 heteroatoms. The Morgan fingerprint density at radius 1 is 1.43 bits per heavy atom. The standard InChI is InChI=1S/C16H21FN2O4/c1-16(2)9-12(11-6-5-10(17)8-13(11)23-16)19-15(22)18-7-3-4-14(20)21/h5-6,8,12H,3-4,7,9H2,1-2H3,(H,20,21)(H2,18,19,22). The normalized spacial score (nSPS) is 18.5. The molecule has 0 bridgehead atoms. The van der Waals surface area contributed by atoms with E-state index in [4.69, 9.17) is 9.84 Å². The molecule has 1 aromatic carbocycles. The molecule has 1 aliphatic rings. The molecule has 2 amide bonds. The number of hydrogen-bond donors (Lipinski definition) is 3. The van der Waals surface area contributed by atoms with Crippen LogP contribution in [0.15, 0.2) is 18.2 Å². The maximum absolute atomic E-state index is 13.4. The Kier molecular flexibility index (Phi) is 5.08. The van der Waals surface area contributed by atoms with Crippen LogP contribution in [0, 0.1) is 5.82 Å². The molecule has 23 heavy (non-hydrogen) atoms. The van der Waals surface area contributed by atoms with Gasteiger partial charge in [0.25, 0.3) is 0 Å². The second-order valence-electron chi connectivity index (χ2n) is 6.20. The molecule has 1 unspecified atom stereocenters. The van der Waals surface area contributed by atoms with E-state index in [0.717, 1.165) is 5.56 Å². The minimum Gasteiger partial charge on any atom is -0.487 e. The Balaban J connectivity index is 1.99. The molecule has 2 rings (SSSR count). The van der Waals surface area contributed by atoms with Gasteiger partial charge < -0.3 is 20.5 Å². The topological polar surface area (TPSA) is 87.7 Å². The molecule has 0 aliphatic carbocycles. The van der Waals surface area contributed by atoms with Gasteiger partial charge in [-0.1, -0.05) is 6.07 Å². The number of hydrogen-bond acceptors (Lipinski definition) is 3. The maximum atomic E-state index is 13.4. The maximum Gasteiger partial charge on any atom is 0.315 e. The summed E-state index contributed by atoms with van der Waals surface area (Å²) in [5.74, 6) is -0.856. The van der Waals surface area contributed by atoms with Gasteiger partial charge in [0.1, 0.15) is 17.2 Å². The number of nitrogens with one attached hydrogen (secondary N) is 2. The molecule has 0 radical (unpaired) electrons. The quantitative estimate of drug-likeness (QED) is 0.727. The number of ether oxygens (including phenoxy) is 1. The first-order chi connectivity index (χ1) is 10.8. The van der Waals surface area contributed by atoms with Crippen LogP contribution in [-0.2, 0) is 4.79 Å². The Labute approximate surface area is 134 Å². The summed E-state index contributed by atoms with van der Waals surface area (Å²) in [7, 11) is 0. The lowest BCUT2D eigenvalue weighted by Gasteiger charge is -2.37. The SMILES string of the molecule is CC1(C)CC(NC(=O)NCCCC(=O)O)c2ccc(F)cc2O1. The molecule has 0 fully saturated rings. The molecule has 1 aliphatic heterocycles. The van der Waals surface area contributed by atoms with E-state index < -0.39 is 17.4 Å². The van der Waals surface area contributed by atoms with Crippen LogP contribution in [0.25, 0.3) is 0 Å². The number of carboxylic acids is 1. The zero-order chi connectivity index (χ0) is 17.0. The van der Waals surface area contributed by atoms with Crippen LogP contribution < -0.4 is 15.4 Å². The average molecular weight is 324 g/mol. The van der Waals surface area contributed by atoms with Crippen LogP contribution in [-0.4, -0.2) is 29.3 Å². The Bertz CT molecular complexity index is 604. The van der Waals surface area contributed by atoms with E-state index in [9.17, 15) is 14.0 Å². The van der Waals surface area contributed by atoms with Crippen molar-refractivity contribution in [2.45, 2.75) is 44.8 Å². The van der Waals surface area contributed by atoms with Crippen molar-refractivity contribution in [3.63, 3.8) is 0 Å². The van der Waals surface area contributed by atoms with Crippen molar-refractivity contribution in [3.8, 4) is 5.75 Å². The third-order valence-corrected chi connectivity index (χ3v) is 3.59. The van der Waals surface area contributed by atoms with Gasteiger partial charge in [0.15, 0.2) is 0 Å². The number of carbonyl (C=O) groups is 2. The fraction of sp³-hybridized carbons (Fsp3) is 0.500. The second kappa shape index (κ2) is 6.85. The van der Waals surface area contributed by atoms with Gasteiger partial charge in [-0.05, 0) is 26.3 Å². The summed E-state index contributed by atoms with van der Waals surface area (Å²) >= 11 is 0. The van der Waals surface area contributed by atoms with Gasteiger partial charge in [-0.15, -0.1) is 0 Å². The van der Waals surface area contributed by atoms with Crippen LogP contribution in [0.3, 0.4) is 0 Å². The summed E-state index contributed by atoms with van der Waals surface area (Å²) in [6, 6.07) is 3.58. The van der Waals surface area contributed by atoms with Crippen molar-refractivity contribution in [2.75, 3.05) is 6.54 Å². The van der Waals surface area contributed by atoms with Crippen LogP contribution in [0.1, 0.15) is 44.7 Å². The average Bonchev–Trinajstić information content (AvgIpc) is 2.41. The smallest absolute Gasteiger partial charge is 0.315 e. The van der Waals surface area contributed by atoms with Crippen LogP contribution >= 0.6 is 0 Å². The van der Waals surface area contributed by atoms with Crippen molar-refractivity contribution in [1.82, 2.24) is 10.6 Å². The third kappa shape index (κ3) is 4.84. The number of halogens is 1. The molecule has 1 atom stereocenters. The number of amides is 2. The molecule has 0 aromatic heterocycles. The molecule has 1 aromatic rings. The highest BCUT2D eigenvalue weighted by Gasteiger charge is 2.34. The number of rotatable bonds is 5. The molecule has 1 heterocycles. The van der Waals surface area contributed by atoms with Gasteiger partial charge in [-0.3, -0.25) is 4.79 Å². The lowest BCUT2D eigenvalue weighted by atomic mass is 9.90. The number of aliphatic carboxylic acids is 1. The zero-order valence-corrected chi connectivity index (χ0v) is 13.2. The highest BCUT2D eigenvalue weighted by Crippen LogP contribution is 2.39. The second-order valence-corrected chi connectivity index (χ2v) is 6.20. The van der Waals surface area contributed by atoms with E-state index >= 15 is 0 Å². The number of benzene rings is 1. The van der Waals surface area contributed by atoms with E-state index in [1.54, 1.807) is 6.07 Å². The minimum atomic E-state index is -0.894. The fourth-order valence-corrected chi connectivity index (χ4v) is 2.60. The highest BCUT2D eigenvalue weighted by atomic mass is 19.1. The molecule has 126 valence electrons. The van der Waals surface area contributed by atoms with Gasteiger partial charge in [0.05, 0.1) is 6.04 Å². The van der Waals surface area contributed by atoms with Gasteiger partial charge in [-0.2, -0.15) is 0 Å². The first-order valence-electron chi connectivity index (χ1n) is 7.51. The van der Waals surface area contributed by atoms with Crippen molar-refractivity contribution < 1.29 is 23.8 Å². The number of carbonyl (C=O) groups excluding carboxylic acids is 1. The van der Waals surface area contributed by atoms with Crippen molar-refractivity contribution in [2.24, 2.45) is 0 Å². The lowest BCUT2D eigenvalue weighted by molar-refractivity contribution is -0.137. The summed E-state index contributed by atoms with van der Waals surface area (Å²) in [6.45, 7) is 4.03. The summed E-state index contributed by atoms with van der Waals surface area (Å²) in [6.07, 6.45) is 0.921. The minimum absolute atomic E-state index is 0.00664. The largest absolute Gasteiger partial charge is 0.487 e. The van der Waals surface area contributed by atoms with Gasteiger partial charge in [0.2, 0.25) is 0 Å². The van der Waals surface area contributed by atoms with Crippen molar-refractivity contribution in [1.29, 1.82) is 0 Å². The summed E-state index contributed by atoms with van der Waals surface area (Å²) in [4.78, 5) is 22.4. The molecule has 6 nitrogen and oxygen atoms in total. The van der Waals surface area contributed by atoms with Crippen LogP contribution in [0.5, 0.6) is 5.75 Å². The van der Waals surface area contributed by atoms with Gasteiger partial charge >= 0.3 is 12.0 Å². The molecular weight excluding hydrogens is 303 g/mol. The summed E-state index contributed by atoms with van der Waals surface area (Å²) in [5, 5.41) is 14.0. The first-order valence-corrected chi connectivity index (χ1v) is 7.51. The first kappa shape index (κ1) is 17.1. The third-order valence-electron chi connectivity index (χ3n) is 3.59. The lowest BCUT2D eigenvalue weighted by Crippen LogP contribution is -2.44. The van der Waals surface area contributed by atoms with E-state index in [1.165, 1.54) is 12.1 Å². The summed E-state index contributed by atoms with van der Waals surface area (Å²) in [5.41, 5.74) is 0.202. The number of carboxylic acid groups (broad SMARTS) is 1. The molecule has 0 saturated heterocycles. The van der Waals surface area contributed by atoms with Gasteiger partial charge in [-0.25, -0.2) is 9.18 Å². The fourth-order valence-electron chi connectivity index (χ4n) is 2.60. The zero-order valence-electron chi connectivity index (χ0n) is 13.2. The monoisotopic (exact) mass is 324 g/mol. The van der Waals surface area contributed by atoms with E-state index in [0.29, 0.717) is 18.6 Å². The number of urea groups is 1. The highest BCUT2D eigenvalue weighted by molar-refractivity contribution is 5.74. The predicted octanol–water partition coefficient (Wildman–Crippen LogP) is 2.59. The van der Waals surface area contributed by atoms with Crippen molar-refractivity contribution >= 4 is 12.0 Å². The molecule has 0 spiro atoms. The molecule has 3 N–H and O–H groups in total. The van der Waals surface area contributed by atoms with Gasteiger partial charge in [0, 0.05) is 31.0 Å².